The molecule has 29 heavy (non-hydrogen) atoms. The molecule has 2 aromatic carbocycles. The molecule has 1 N–H and O–H groups in total. The summed E-state index contributed by atoms with van der Waals surface area (Å²) in [5, 5.41) is 2.86. The maximum atomic E-state index is 13.2. The molecule has 6 heteroatoms. The van der Waals surface area contributed by atoms with Crippen LogP contribution in [0.15, 0.2) is 48.5 Å². The van der Waals surface area contributed by atoms with Crippen LogP contribution in [-0.4, -0.2) is 35.9 Å². The van der Waals surface area contributed by atoms with Gasteiger partial charge in [-0.1, -0.05) is 43.2 Å². The molecule has 1 atom stereocenters. The summed E-state index contributed by atoms with van der Waals surface area (Å²) >= 11 is 0. The first-order valence-corrected chi connectivity index (χ1v) is 9.91. The number of benzene rings is 2. The third-order valence-electron chi connectivity index (χ3n) is 4.65. The van der Waals surface area contributed by atoms with Crippen molar-refractivity contribution in [2.45, 2.75) is 46.2 Å². The highest BCUT2D eigenvalue weighted by Crippen LogP contribution is 2.14. The minimum atomic E-state index is -0.675. The van der Waals surface area contributed by atoms with Crippen LogP contribution in [0.3, 0.4) is 0 Å². The highest BCUT2D eigenvalue weighted by atomic mass is 19.1. The molecule has 0 saturated heterocycles. The van der Waals surface area contributed by atoms with Crippen molar-refractivity contribution in [3.05, 3.63) is 65.5 Å². The number of amides is 2. The van der Waals surface area contributed by atoms with Gasteiger partial charge in [-0.15, -0.1) is 0 Å². The fourth-order valence-corrected chi connectivity index (χ4v) is 2.77. The summed E-state index contributed by atoms with van der Waals surface area (Å²) in [5.41, 5.74) is 1.84. The number of unbranched alkanes of at least 4 members (excludes halogenated alkanes) is 1. The number of halogens is 1. The van der Waals surface area contributed by atoms with Gasteiger partial charge >= 0.3 is 0 Å². The molecule has 0 aliphatic heterocycles. The number of carbonyl (C=O) groups excluding carboxylic acids is 2. The summed E-state index contributed by atoms with van der Waals surface area (Å²) in [7, 11) is 0. The molecule has 0 aromatic heterocycles. The number of carbonyl (C=O) groups is 2. The van der Waals surface area contributed by atoms with E-state index in [4.69, 9.17) is 4.74 Å². The maximum Gasteiger partial charge on any atom is 0.261 e. The highest BCUT2D eigenvalue weighted by molar-refractivity contribution is 5.87. The molecule has 0 aliphatic rings. The minimum absolute atomic E-state index is 0.184. The summed E-state index contributed by atoms with van der Waals surface area (Å²) in [6.45, 7) is 6.28. The van der Waals surface area contributed by atoms with Gasteiger partial charge < -0.3 is 15.0 Å². The van der Waals surface area contributed by atoms with E-state index in [9.17, 15) is 14.0 Å². The van der Waals surface area contributed by atoms with Crippen molar-refractivity contribution < 1.29 is 18.7 Å². The SMILES string of the molecule is CCCCNC(=O)[C@H](C)N(Cc1ccc(F)cc1)C(=O)COc1ccc(C)cc1. The Morgan fingerprint density at radius 3 is 2.38 bits per heavy atom. The molecule has 5 nitrogen and oxygen atoms in total. The van der Waals surface area contributed by atoms with Crippen LogP contribution in [0.1, 0.15) is 37.8 Å². The smallest absolute Gasteiger partial charge is 0.261 e. The van der Waals surface area contributed by atoms with Gasteiger partial charge in [-0.3, -0.25) is 9.59 Å². The second-order valence-electron chi connectivity index (χ2n) is 7.07. The van der Waals surface area contributed by atoms with Crippen LogP contribution >= 0.6 is 0 Å². The largest absolute Gasteiger partial charge is 0.484 e. The summed E-state index contributed by atoms with van der Waals surface area (Å²) in [6.07, 6.45) is 1.85. The van der Waals surface area contributed by atoms with Crippen molar-refractivity contribution >= 4 is 11.8 Å². The molecule has 2 amide bonds. The molecule has 2 rings (SSSR count). The van der Waals surface area contributed by atoms with E-state index >= 15 is 0 Å². The van der Waals surface area contributed by atoms with Gasteiger partial charge in [0.1, 0.15) is 17.6 Å². The Labute approximate surface area is 171 Å². The number of nitrogens with zero attached hydrogens (tertiary/aromatic N) is 1. The molecule has 0 aliphatic carbocycles. The molecule has 0 spiro atoms. The lowest BCUT2D eigenvalue weighted by Crippen LogP contribution is -2.49. The van der Waals surface area contributed by atoms with Crippen LogP contribution in [0.2, 0.25) is 0 Å². The van der Waals surface area contributed by atoms with Gasteiger partial charge in [0.15, 0.2) is 6.61 Å². The van der Waals surface area contributed by atoms with Crippen LogP contribution in [0.5, 0.6) is 5.75 Å². The number of nitrogens with one attached hydrogen (secondary N) is 1. The predicted molar refractivity (Wildman–Crippen MR) is 111 cm³/mol. The van der Waals surface area contributed by atoms with Crippen molar-refractivity contribution in [1.82, 2.24) is 10.2 Å². The van der Waals surface area contributed by atoms with E-state index in [2.05, 4.69) is 5.32 Å². The Morgan fingerprint density at radius 1 is 1.10 bits per heavy atom. The van der Waals surface area contributed by atoms with Gasteiger partial charge in [0.2, 0.25) is 5.91 Å². The second kappa shape index (κ2) is 11.2. The molecule has 0 radical (unpaired) electrons. The first-order chi connectivity index (χ1) is 13.9. The first-order valence-electron chi connectivity index (χ1n) is 9.91. The van der Waals surface area contributed by atoms with Crippen molar-refractivity contribution in [2.24, 2.45) is 0 Å². The zero-order chi connectivity index (χ0) is 21.2. The molecule has 0 bridgehead atoms. The first kappa shape index (κ1) is 22.4. The average Bonchev–Trinajstić information content (AvgIpc) is 2.72. The number of aryl methyl sites for hydroxylation is 1. The van der Waals surface area contributed by atoms with Crippen LogP contribution in [0.4, 0.5) is 4.39 Å². The Morgan fingerprint density at radius 2 is 1.76 bits per heavy atom. The van der Waals surface area contributed by atoms with Crippen LogP contribution in [0, 0.1) is 12.7 Å². The van der Waals surface area contributed by atoms with Crippen molar-refractivity contribution in [2.75, 3.05) is 13.2 Å². The second-order valence-corrected chi connectivity index (χ2v) is 7.07. The third kappa shape index (κ3) is 7.22. The van der Waals surface area contributed by atoms with Gasteiger partial charge in [-0.2, -0.15) is 0 Å². The topological polar surface area (TPSA) is 58.6 Å². The highest BCUT2D eigenvalue weighted by Gasteiger charge is 2.26. The Hall–Kier alpha value is -2.89. The standard InChI is InChI=1S/C23H29FN2O3/c1-4-5-14-25-23(28)18(3)26(15-19-8-10-20(24)11-9-19)22(27)16-29-21-12-6-17(2)7-13-21/h6-13,18H,4-5,14-16H2,1-3H3,(H,25,28)/t18-/m0/s1. The minimum Gasteiger partial charge on any atom is -0.484 e. The number of hydrogen-bond donors (Lipinski definition) is 1. The molecule has 0 unspecified atom stereocenters. The molecule has 0 saturated carbocycles. The number of ether oxygens (including phenoxy) is 1. The number of rotatable bonds is 10. The van der Waals surface area contributed by atoms with E-state index in [1.165, 1.54) is 17.0 Å². The fourth-order valence-electron chi connectivity index (χ4n) is 2.77. The lowest BCUT2D eigenvalue weighted by Gasteiger charge is -2.28. The van der Waals surface area contributed by atoms with Crippen LogP contribution in [0.25, 0.3) is 0 Å². The Kier molecular flexibility index (Phi) is 8.65. The summed E-state index contributed by atoms with van der Waals surface area (Å²) in [6, 6.07) is 12.6. The lowest BCUT2D eigenvalue weighted by atomic mass is 10.1. The fraction of sp³-hybridized carbons (Fsp3) is 0.391. The lowest BCUT2D eigenvalue weighted by molar-refractivity contribution is -0.142. The van der Waals surface area contributed by atoms with Gasteiger partial charge in [0.25, 0.3) is 5.91 Å². The summed E-state index contributed by atoms with van der Waals surface area (Å²) in [4.78, 5) is 26.9. The monoisotopic (exact) mass is 400 g/mol. The molecular weight excluding hydrogens is 371 g/mol. The maximum absolute atomic E-state index is 13.2. The molecule has 156 valence electrons. The van der Waals surface area contributed by atoms with E-state index in [-0.39, 0.29) is 30.8 Å². The summed E-state index contributed by atoms with van der Waals surface area (Å²) < 4.78 is 18.8. The van der Waals surface area contributed by atoms with Crippen LogP contribution in [-0.2, 0) is 16.1 Å². The molecule has 2 aromatic rings. The van der Waals surface area contributed by atoms with Crippen LogP contribution < -0.4 is 10.1 Å². The average molecular weight is 400 g/mol. The quantitative estimate of drug-likeness (QED) is 0.617. The Balaban J connectivity index is 2.08. The van der Waals surface area contributed by atoms with E-state index < -0.39 is 6.04 Å². The normalized spacial score (nSPS) is 11.6. The molecule has 0 heterocycles. The Bertz CT molecular complexity index is 791. The van der Waals surface area contributed by atoms with Crippen molar-refractivity contribution in [1.29, 1.82) is 0 Å². The van der Waals surface area contributed by atoms with Gasteiger partial charge in [0.05, 0.1) is 0 Å². The van der Waals surface area contributed by atoms with Gasteiger partial charge in [0, 0.05) is 13.1 Å². The van der Waals surface area contributed by atoms with Gasteiger partial charge in [-0.25, -0.2) is 4.39 Å². The van der Waals surface area contributed by atoms with Crippen molar-refractivity contribution in [3.63, 3.8) is 0 Å². The summed E-state index contributed by atoms with van der Waals surface area (Å²) in [5.74, 6) is -0.289. The zero-order valence-corrected chi connectivity index (χ0v) is 17.3. The van der Waals surface area contributed by atoms with Gasteiger partial charge in [-0.05, 0) is 50.1 Å². The van der Waals surface area contributed by atoms with E-state index in [0.717, 1.165) is 24.0 Å². The zero-order valence-electron chi connectivity index (χ0n) is 17.3. The van der Waals surface area contributed by atoms with Crippen molar-refractivity contribution in [3.8, 4) is 5.75 Å². The van der Waals surface area contributed by atoms with E-state index in [1.54, 1.807) is 31.2 Å². The van der Waals surface area contributed by atoms with E-state index in [1.807, 2.05) is 26.0 Å². The predicted octanol–water partition coefficient (Wildman–Crippen LogP) is 3.85. The van der Waals surface area contributed by atoms with E-state index in [0.29, 0.717) is 12.3 Å². The molecule has 0 fully saturated rings. The third-order valence-corrected chi connectivity index (χ3v) is 4.65. The molecular formula is C23H29FN2O3. The number of hydrogen-bond acceptors (Lipinski definition) is 3.